The standard InChI is InChI=1S/C21H25F2N3O3/c1-15(20(27)24-18-8-3-4-9-19(18)29-21(22)23)25-10-12-26(13-11-25)16-6-5-7-17(14-16)28-2/h3-9,14-15,21H,10-13H2,1-2H3,(H,24,27). The number of hydrogen-bond acceptors (Lipinski definition) is 5. The third-order valence-corrected chi connectivity index (χ3v) is 5.02. The number of halogens is 2. The van der Waals surface area contributed by atoms with E-state index in [2.05, 4.69) is 19.9 Å². The monoisotopic (exact) mass is 405 g/mol. The zero-order valence-corrected chi connectivity index (χ0v) is 16.5. The van der Waals surface area contributed by atoms with Crippen molar-refractivity contribution >= 4 is 17.3 Å². The van der Waals surface area contributed by atoms with Crippen LogP contribution in [0.3, 0.4) is 0 Å². The van der Waals surface area contributed by atoms with Gasteiger partial charge in [0.1, 0.15) is 11.5 Å². The lowest BCUT2D eigenvalue weighted by molar-refractivity contribution is -0.120. The summed E-state index contributed by atoms with van der Waals surface area (Å²) in [5.74, 6) is 0.499. The fourth-order valence-corrected chi connectivity index (χ4v) is 3.35. The molecule has 0 radical (unpaired) electrons. The Balaban J connectivity index is 1.58. The van der Waals surface area contributed by atoms with Gasteiger partial charge in [0.15, 0.2) is 0 Å². The van der Waals surface area contributed by atoms with Crippen LogP contribution in [0.1, 0.15) is 6.92 Å². The molecule has 8 heteroatoms. The first-order chi connectivity index (χ1) is 14.0. The SMILES string of the molecule is COc1cccc(N2CCN(C(C)C(=O)Nc3ccccc3OC(F)F)CC2)c1. The summed E-state index contributed by atoms with van der Waals surface area (Å²) in [6.45, 7) is 1.83. The number of hydrogen-bond donors (Lipinski definition) is 1. The first-order valence-corrected chi connectivity index (χ1v) is 9.45. The number of para-hydroxylation sites is 2. The van der Waals surface area contributed by atoms with E-state index >= 15 is 0 Å². The Morgan fingerprint density at radius 3 is 2.48 bits per heavy atom. The van der Waals surface area contributed by atoms with Crippen LogP contribution in [0, 0.1) is 0 Å². The number of benzene rings is 2. The molecule has 1 aliphatic rings. The normalized spacial score (nSPS) is 15.8. The Hall–Kier alpha value is -2.87. The summed E-state index contributed by atoms with van der Waals surface area (Å²) in [7, 11) is 1.64. The van der Waals surface area contributed by atoms with Crippen LogP contribution in [0.15, 0.2) is 48.5 Å². The highest BCUT2D eigenvalue weighted by Crippen LogP contribution is 2.26. The molecule has 0 aromatic heterocycles. The fourth-order valence-electron chi connectivity index (χ4n) is 3.35. The number of carbonyl (C=O) groups excluding carboxylic acids is 1. The molecule has 1 heterocycles. The van der Waals surface area contributed by atoms with Crippen molar-refractivity contribution in [2.45, 2.75) is 19.6 Å². The van der Waals surface area contributed by atoms with E-state index in [0.29, 0.717) is 13.1 Å². The summed E-state index contributed by atoms with van der Waals surface area (Å²) in [6, 6.07) is 13.7. The van der Waals surface area contributed by atoms with Crippen molar-refractivity contribution in [3.05, 3.63) is 48.5 Å². The Bertz CT molecular complexity index is 826. The van der Waals surface area contributed by atoms with E-state index < -0.39 is 12.7 Å². The van der Waals surface area contributed by atoms with Gasteiger partial charge >= 0.3 is 6.61 Å². The largest absolute Gasteiger partial charge is 0.497 e. The maximum atomic E-state index is 12.7. The molecule has 0 aliphatic carbocycles. The minimum absolute atomic E-state index is 0.0501. The molecule has 29 heavy (non-hydrogen) atoms. The van der Waals surface area contributed by atoms with Gasteiger partial charge in [-0.15, -0.1) is 0 Å². The number of nitrogens with one attached hydrogen (secondary N) is 1. The molecule has 1 saturated heterocycles. The molecule has 1 amide bonds. The predicted octanol–water partition coefficient (Wildman–Crippen LogP) is 3.45. The second-order valence-electron chi connectivity index (χ2n) is 6.76. The molecule has 1 aliphatic heterocycles. The molecule has 0 spiro atoms. The van der Waals surface area contributed by atoms with Gasteiger partial charge in [-0.2, -0.15) is 8.78 Å². The van der Waals surface area contributed by atoms with Crippen LogP contribution in [-0.2, 0) is 4.79 Å². The van der Waals surface area contributed by atoms with Crippen molar-refractivity contribution < 1.29 is 23.0 Å². The van der Waals surface area contributed by atoms with Gasteiger partial charge in [0.05, 0.1) is 18.8 Å². The van der Waals surface area contributed by atoms with E-state index in [-0.39, 0.29) is 17.3 Å². The van der Waals surface area contributed by atoms with Gasteiger partial charge in [-0.05, 0) is 31.2 Å². The minimum atomic E-state index is -2.95. The molecule has 1 unspecified atom stereocenters. The molecular formula is C21H25F2N3O3. The van der Waals surface area contributed by atoms with Crippen LogP contribution < -0.4 is 19.7 Å². The second-order valence-corrected chi connectivity index (χ2v) is 6.76. The number of rotatable bonds is 7. The third-order valence-electron chi connectivity index (χ3n) is 5.02. The first kappa shape index (κ1) is 20.9. The molecule has 0 bridgehead atoms. The van der Waals surface area contributed by atoms with Crippen molar-refractivity contribution in [2.24, 2.45) is 0 Å². The molecule has 0 saturated carbocycles. The van der Waals surface area contributed by atoms with Crippen molar-refractivity contribution in [1.29, 1.82) is 0 Å². The Labute approximate surface area is 169 Å². The second kappa shape index (κ2) is 9.56. The predicted molar refractivity (Wildman–Crippen MR) is 108 cm³/mol. The van der Waals surface area contributed by atoms with Crippen LogP contribution >= 0.6 is 0 Å². The summed E-state index contributed by atoms with van der Waals surface area (Å²) >= 11 is 0. The average Bonchev–Trinajstić information content (AvgIpc) is 2.74. The highest BCUT2D eigenvalue weighted by molar-refractivity contribution is 5.95. The van der Waals surface area contributed by atoms with E-state index in [9.17, 15) is 13.6 Å². The van der Waals surface area contributed by atoms with Crippen LogP contribution in [0.2, 0.25) is 0 Å². The maximum absolute atomic E-state index is 12.7. The first-order valence-electron chi connectivity index (χ1n) is 9.45. The molecule has 6 nitrogen and oxygen atoms in total. The Morgan fingerprint density at radius 2 is 1.79 bits per heavy atom. The van der Waals surface area contributed by atoms with E-state index in [0.717, 1.165) is 24.5 Å². The lowest BCUT2D eigenvalue weighted by Crippen LogP contribution is -2.52. The van der Waals surface area contributed by atoms with Crippen LogP contribution in [0.4, 0.5) is 20.2 Å². The molecular weight excluding hydrogens is 380 g/mol. The van der Waals surface area contributed by atoms with Gasteiger partial charge in [0, 0.05) is 37.9 Å². The van der Waals surface area contributed by atoms with Crippen molar-refractivity contribution in [3.8, 4) is 11.5 Å². The van der Waals surface area contributed by atoms with Gasteiger partial charge in [-0.1, -0.05) is 18.2 Å². The smallest absolute Gasteiger partial charge is 0.387 e. The number of anilines is 2. The molecule has 2 aromatic rings. The molecule has 1 atom stereocenters. The zero-order valence-electron chi connectivity index (χ0n) is 16.5. The van der Waals surface area contributed by atoms with Gasteiger partial charge in [0.25, 0.3) is 0 Å². The topological polar surface area (TPSA) is 54.0 Å². The maximum Gasteiger partial charge on any atom is 0.387 e. The Kier molecular flexibility index (Phi) is 6.87. The van der Waals surface area contributed by atoms with Crippen molar-refractivity contribution in [2.75, 3.05) is 43.5 Å². The minimum Gasteiger partial charge on any atom is -0.497 e. The van der Waals surface area contributed by atoms with Gasteiger partial charge in [0.2, 0.25) is 5.91 Å². The van der Waals surface area contributed by atoms with Gasteiger partial charge in [-0.3, -0.25) is 9.69 Å². The number of nitrogens with zero attached hydrogens (tertiary/aromatic N) is 2. The van der Waals surface area contributed by atoms with Gasteiger partial charge < -0.3 is 19.7 Å². The fraction of sp³-hybridized carbons (Fsp3) is 0.381. The third kappa shape index (κ3) is 5.35. The highest BCUT2D eigenvalue weighted by Gasteiger charge is 2.26. The average molecular weight is 405 g/mol. The van der Waals surface area contributed by atoms with E-state index in [1.54, 1.807) is 25.3 Å². The number of methoxy groups -OCH3 is 1. The number of ether oxygens (including phenoxy) is 2. The number of amides is 1. The summed E-state index contributed by atoms with van der Waals surface area (Å²) in [6.07, 6.45) is 0. The molecule has 2 aromatic carbocycles. The van der Waals surface area contributed by atoms with Crippen LogP contribution in [0.5, 0.6) is 11.5 Å². The molecule has 1 fully saturated rings. The zero-order chi connectivity index (χ0) is 20.8. The quantitative estimate of drug-likeness (QED) is 0.765. The lowest BCUT2D eigenvalue weighted by Gasteiger charge is -2.38. The summed E-state index contributed by atoms with van der Waals surface area (Å²) in [5, 5.41) is 2.70. The molecule has 1 N–H and O–H groups in total. The van der Waals surface area contributed by atoms with Gasteiger partial charge in [-0.25, -0.2) is 0 Å². The van der Waals surface area contributed by atoms with E-state index in [1.807, 2.05) is 31.2 Å². The van der Waals surface area contributed by atoms with Crippen LogP contribution in [0.25, 0.3) is 0 Å². The van der Waals surface area contributed by atoms with E-state index in [4.69, 9.17) is 4.74 Å². The summed E-state index contributed by atoms with van der Waals surface area (Å²) in [5.41, 5.74) is 1.32. The van der Waals surface area contributed by atoms with E-state index in [1.165, 1.54) is 6.07 Å². The van der Waals surface area contributed by atoms with Crippen molar-refractivity contribution in [3.63, 3.8) is 0 Å². The molecule has 156 valence electrons. The number of piperazine rings is 1. The molecule has 3 rings (SSSR count). The summed E-state index contributed by atoms with van der Waals surface area (Å²) in [4.78, 5) is 17.0. The number of carbonyl (C=O) groups is 1. The number of alkyl halides is 2. The Morgan fingerprint density at radius 1 is 1.07 bits per heavy atom. The van der Waals surface area contributed by atoms with Crippen molar-refractivity contribution in [1.82, 2.24) is 4.90 Å². The summed E-state index contributed by atoms with van der Waals surface area (Å²) < 4.78 is 34.9. The van der Waals surface area contributed by atoms with Crippen LogP contribution in [-0.4, -0.2) is 56.7 Å². The highest BCUT2D eigenvalue weighted by atomic mass is 19.3. The lowest BCUT2D eigenvalue weighted by atomic mass is 10.2.